The number of carbonyl (C=O) groups excluding carboxylic acids is 1. The van der Waals surface area contributed by atoms with Gasteiger partial charge in [0.2, 0.25) is 5.91 Å². The molecule has 29 heavy (non-hydrogen) atoms. The fourth-order valence-electron chi connectivity index (χ4n) is 3.64. The highest BCUT2D eigenvalue weighted by molar-refractivity contribution is 5.86. The van der Waals surface area contributed by atoms with Crippen molar-refractivity contribution in [3.8, 4) is 5.69 Å². The van der Waals surface area contributed by atoms with Gasteiger partial charge in [0.15, 0.2) is 0 Å². The Balaban J connectivity index is 1.79. The van der Waals surface area contributed by atoms with Crippen molar-refractivity contribution in [2.75, 3.05) is 6.54 Å². The van der Waals surface area contributed by atoms with Gasteiger partial charge in [0, 0.05) is 35.9 Å². The number of nitrogens with zero attached hydrogens (tertiary/aromatic N) is 4. The molecule has 0 atom stereocenters. The molecule has 1 saturated carbocycles. The molecule has 0 radical (unpaired) electrons. The minimum atomic E-state index is -0.886. The lowest BCUT2D eigenvalue weighted by molar-refractivity contribution is -0.136. The second-order valence-corrected chi connectivity index (χ2v) is 7.51. The van der Waals surface area contributed by atoms with Crippen LogP contribution >= 0.6 is 0 Å². The molecule has 1 amide bonds. The fraction of sp³-hybridized carbons (Fsp3) is 0.364. The first-order valence-electron chi connectivity index (χ1n) is 9.90. The maximum absolute atomic E-state index is 12.6. The van der Waals surface area contributed by atoms with Crippen LogP contribution in [0.5, 0.6) is 0 Å². The van der Waals surface area contributed by atoms with Crippen LogP contribution in [0, 0.1) is 12.8 Å². The summed E-state index contributed by atoms with van der Waals surface area (Å²) in [5, 5.41) is 10.1. The number of fused-ring (bicyclic) bond motifs is 1. The van der Waals surface area contributed by atoms with Crippen molar-refractivity contribution >= 4 is 22.9 Å². The number of aliphatic carboxylic acids is 1. The first kappa shape index (κ1) is 19.1. The first-order valence-corrected chi connectivity index (χ1v) is 9.90. The Kier molecular flexibility index (Phi) is 5.05. The second kappa shape index (κ2) is 7.66. The summed E-state index contributed by atoms with van der Waals surface area (Å²) in [4.78, 5) is 35.0. The number of carboxylic acids is 1. The smallest absolute Gasteiger partial charge is 0.307 e. The Morgan fingerprint density at radius 2 is 2.07 bits per heavy atom. The van der Waals surface area contributed by atoms with Crippen LogP contribution in [-0.2, 0) is 22.6 Å². The molecule has 0 bridgehead atoms. The predicted octanol–water partition coefficient (Wildman–Crippen LogP) is 3.11. The zero-order valence-corrected chi connectivity index (χ0v) is 16.6. The lowest BCUT2D eigenvalue weighted by Gasteiger charge is -2.22. The van der Waals surface area contributed by atoms with Gasteiger partial charge in [0.1, 0.15) is 5.65 Å². The van der Waals surface area contributed by atoms with Crippen molar-refractivity contribution in [1.29, 1.82) is 0 Å². The van der Waals surface area contributed by atoms with Gasteiger partial charge in [0.05, 0.1) is 24.3 Å². The van der Waals surface area contributed by atoms with Crippen molar-refractivity contribution in [2.45, 2.75) is 39.7 Å². The average molecular weight is 392 g/mol. The summed E-state index contributed by atoms with van der Waals surface area (Å²) in [7, 11) is 0. The SMILES string of the molecule is CCN(Cc1ncccc1-n1cc(CC(=O)O)c2ccc(C)nc21)C(=O)C1CC1. The molecule has 0 saturated heterocycles. The maximum Gasteiger partial charge on any atom is 0.307 e. The molecule has 0 aliphatic heterocycles. The lowest BCUT2D eigenvalue weighted by Crippen LogP contribution is -2.32. The van der Waals surface area contributed by atoms with Crippen LogP contribution in [-0.4, -0.2) is 43.0 Å². The molecule has 3 heterocycles. The summed E-state index contributed by atoms with van der Waals surface area (Å²) in [6.07, 6.45) is 5.40. The fourth-order valence-corrected chi connectivity index (χ4v) is 3.64. The van der Waals surface area contributed by atoms with Gasteiger partial charge in [0.25, 0.3) is 0 Å². The van der Waals surface area contributed by atoms with Crippen molar-refractivity contribution in [3.63, 3.8) is 0 Å². The van der Waals surface area contributed by atoms with E-state index in [9.17, 15) is 14.7 Å². The number of amides is 1. The van der Waals surface area contributed by atoms with Gasteiger partial charge in [-0.05, 0) is 56.5 Å². The zero-order chi connectivity index (χ0) is 20.5. The van der Waals surface area contributed by atoms with E-state index in [1.54, 1.807) is 6.20 Å². The molecule has 3 aromatic heterocycles. The van der Waals surface area contributed by atoms with E-state index in [1.165, 1.54) is 0 Å². The third kappa shape index (κ3) is 3.85. The molecular formula is C22H24N4O3. The maximum atomic E-state index is 12.6. The zero-order valence-electron chi connectivity index (χ0n) is 16.6. The summed E-state index contributed by atoms with van der Waals surface area (Å²) >= 11 is 0. The molecule has 1 aliphatic carbocycles. The minimum absolute atomic E-state index is 0.0783. The lowest BCUT2D eigenvalue weighted by atomic mass is 10.1. The molecule has 1 aliphatic rings. The van der Waals surface area contributed by atoms with E-state index in [1.807, 2.05) is 53.8 Å². The molecule has 0 aromatic carbocycles. The Hall–Kier alpha value is -3.22. The third-order valence-corrected chi connectivity index (χ3v) is 5.30. The van der Waals surface area contributed by atoms with Gasteiger partial charge >= 0.3 is 5.97 Å². The van der Waals surface area contributed by atoms with Crippen LogP contribution in [0.15, 0.2) is 36.7 Å². The minimum Gasteiger partial charge on any atom is -0.481 e. The van der Waals surface area contributed by atoms with Crippen LogP contribution < -0.4 is 0 Å². The number of pyridine rings is 2. The van der Waals surface area contributed by atoms with E-state index in [4.69, 9.17) is 0 Å². The van der Waals surface area contributed by atoms with Crippen molar-refractivity contribution < 1.29 is 14.7 Å². The molecule has 0 spiro atoms. The Labute approximate surface area is 169 Å². The van der Waals surface area contributed by atoms with Crippen molar-refractivity contribution in [2.24, 2.45) is 5.92 Å². The van der Waals surface area contributed by atoms with Gasteiger partial charge in [-0.2, -0.15) is 0 Å². The van der Waals surface area contributed by atoms with Crippen molar-refractivity contribution in [1.82, 2.24) is 19.4 Å². The summed E-state index contributed by atoms with van der Waals surface area (Å²) in [5.41, 5.74) is 3.84. The van der Waals surface area contributed by atoms with Gasteiger partial charge in [-0.25, -0.2) is 4.98 Å². The number of hydrogen-bond donors (Lipinski definition) is 1. The highest BCUT2D eigenvalue weighted by atomic mass is 16.4. The number of aryl methyl sites for hydroxylation is 1. The Morgan fingerprint density at radius 1 is 1.28 bits per heavy atom. The molecule has 150 valence electrons. The molecular weight excluding hydrogens is 368 g/mol. The van der Waals surface area contributed by atoms with Crippen LogP contribution in [0.2, 0.25) is 0 Å². The molecule has 1 N–H and O–H groups in total. The predicted molar refractivity (Wildman–Crippen MR) is 109 cm³/mol. The summed E-state index contributed by atoms with van der Waals surface area (Å²) in [5.74, 6) is -0.550. The number of carboxylic acid groups (broad SMARTS) is 1. The van der Waals surface area contributed by atoms with Gasteiger partial charge in [-0.1, -0.05) is 0 Å². The Morgan fingerprint density at radius 3 is 2.76 bits per heavy atom. The van der Waals surface area contributed by atoms with Crippen molar-refractivity contribution in [3.05, 3.63) is 53.6 Å². The summed E-state index contributed by atoms with van der Waals surface area (Å²) < 4.78 is 1.90. The van der Waals surface area contributed by atoms with Crippen LogP contribution in [0.25, 0.3) is 16.7 Å². The quantitative estimate of drug-likeness (QED) is 0.667. The Bertz CT molecular complexity index is 1080. The van der Waals surface area contributed by atoms with Gasteiger partial charge < -0.3 is 10.0 Å². The molecule has 7 nitrogen and oxygen atoms in total. The number of carbonyl (C=O) groups is 2. The van der Waals surface area contributed by atoms with Gasteiger partial charge in [-0.3, -0.25) is 19.1 Å². The normalized spacial score (nSPS) is 13.6. The third-order valence-electron chi connectivity index (χ3n) is 5.30. The molecule has 0 unspecified atom stereocenters. The van der Waals surface area contributed by atoms with Crippen LogP contribution in [0.1, 0.15) is 36.7 Å². The monoisotopic (exact) mass is 392 g/mol. The van der Waals surface area contributed by atoms with E-state index in [-0.39, 0.29) is 18.2 Å². The summed E-state index contributed by atoms with van der Waals surface area (Å²) in [6, 6.07) is 7.58. The van der Waals surface area contributed by atoms with E-state index in [0.717, 1.165) is 35.3 Å². The molecule has 3 aromatic rings. The average Bonchev–Trinajstić information content (AvgIpc) is 3.49. The first-order chi connectivity index (χ1) is 14.0. The topological polar surface area (TPSA) is 88.3 Å². The largest absolute Gasteiger partial charge is 0.481 e. The van der Waals surface area contributed by atoms with E-state index in [2.05, 4.69) is 9.97 Å². The van der Waals surface area contributed by atoms with E-state index >= 15 is 0 Å². The van der Waals surface area contributed by atoms with Crippen LogP contribution in [0.3, 0.4) is 0 Å². The van der Waals surface area contributed by atoms with Crippen LogP contribution in [0.4, 0.5) is 0 Å². The van der Waals surface area contributed by atoms with Gasteiger partial charge in [-0.15, -0.1) is 0 Å². The molecule has 1 fully saturated rings. The molecule has 4 rings (SSSR count). The number of hydrogen-bond acceptors (Lipinski definition) is 4. The van der Waals surface area contributed by atoms with E-state index in [0.29, 0.717) is 24.3 Å². The highest BCUT2D eigenvalue weighted by Gasteiger charge is 2.33. The summed E-state index contributed by atoms with van der Waals surface area (Å²) in [6.45, 7) is 4.93. The van der Waals surface area contributed by atoms with E-state index < -0.39 is 5.97 Å². The highest BCUT2D eigenvalue weighted by Crippen LogP contribution is 2.32. The number of aromatic nitrogens is 3. The number of rotatable bonds is 7. The molecule has 7 heteroatoms. The standard InChI is InChI=1S/C22H24N4O3/c1-3-25(22(29)15-7-8-15)13-18-19(5-4-10-23-18)26-12-16(11-20(27)28)17-9-6-14(2)24-21(17)26/h4-6,9-10,12,15H,3,7-8,11,13H2,1-2H3,(H,27,28). The second-order valence-electron chi connectivity index (χ2n) is 7.51.